The fraction of sp³-hybridized carbons (Fsp3) is 0. The van der Waals surface area contributed by atoms with E-state index in [1.54, 1.807) is 22.7 Å². The van der Waals surface area contributed by atoms with Gasteiger partial charge < -0.3 is 4.98 Å². The van der Waals surface area contributed by atoms with E-state index in [0.717, 1.165) is 9.65 Å². The van der Waals surface area contributed by atoms with Crippen molar-refractivity contribution >= 4 is 34.9 Å². The van der Waals surface area contributed by atoms with Crippen molar-refractivity contribution in [2.45, 2.75) is 0 Å². The summed E-state index contributed by atoms with van der Waals surface area (Å²) in [5.41, 5.74) is 1.13. The van der Waals surface area contributed by atoms with Crippen LogP contribution in [0.2, 0.25) is 0 Å². The first-order valence-corrected chi connectivity index (χ1v) is 5.25. The van der Waals surface area contributed by atoms with Gasteiger partial charge in [0.1, 0.15) is 0 Å². The van der Waals surface area contributed by atoms with Crippen molar-refractivity contribution in [2.75, 3.05) is 0 Å². The second-order valence-corrected chi connectivity index (χ2v) is 4.53. The Balaban J connectivity index is 2.53. The van der Waals surface area contributed by atoms with Crippen molar-refractivity contribution in [1.82, 2.24) is 4.98 Å². The summed E-state index contributed by atoms with van der Waals surface area (Å²) in [5.74, 6) is 0. The minimum atomic E-state index is 0.841. The van der Waals surface area contributed by atoms with Crippen LogP contribution in [0.3, 0.4) is 0 Å². The van der Waals surface area contributed by atoms with Gasteiger partial charge in [0.2, 0.25) is 0 Å². The van der Waals surface area contributed by atoms with Crippen molar-refractivity contribution in [3.05, 3.63) is 26.8 Å². The maximum Gasteiger partial charge on any atom is 0.158 e. The van der Waals surface area contributed by atoms with Crippen LogP contribution in [0, 0.1) is 3.95 Å². The van der Waals surface area contributed by atoms with E-state index >= 15 is 0 Å². The Morgan fingerprint density at radius 2 is 2.27 bits per heavy atom. The molecule has 0 saturated heterocycles. The third-order valence-corrected chi connectivity index (χ3v) is 3.27. The van der Waals surface area contributed by atoms with Crippen molar-refractivity contribution in [3.8, 4) is 10.6 Å². The number of thiophene rings is 1. The Labute approximate surface area is 77.3 Å². The van der Waals surface area contributed by atoms with Crippen LogP contribution in [0.4, 0.5) is 0 Å². The molecule has 0 radical (unpaired) electrons. The van der Waals surface area contributed by atoms with E-state index in [-0.39, 0.29) is 0 Å². The lowest BCUT2D eigenvalue weighted by atomic mass is 10.4. The molecular formula is C7H5NS3. The largest absolute Gasteiger partial charge is 0.336 e. The average molecular weight is 199 g/mol. The third-order valence-electron chi connectivity index (χ3n) is 1.31. The summed E-state index contributed by atoms with van der Waals surface area (Å²) in [6.07, 6.45) is 0. The summed E-state index contributed by atoms with van der Waals surface area (Å²) in [4.78, 5) is 4.37. The van der Waals surface area contributed by atoms with Gasteiger partial charge in [0.15, 0.2) is 3.95 Å². The molecule has 0 aliphatic rings. The quantitative estimate of drug-likeness (QED) is 0.695. The summed E-state index contributed by atoms with van der Waals surface area (Å²) >= 11 is 8.26. The van der Waals surface area contributed by atoms with Crippen molar-refractivity contribution in [2.24, 2.45) is 0 Å². The Morgan fingerprint density at radius 3 is 2.82 bits per heavy atom. The molecule has 0 spiro atoms. The van der Waals surface area contributed by atoms with Crippen LogP contribution in [0.5, 0.6) is 0 Å². The van der Waals surface area contributed by atoms with Crippen molar-refractivity contribution in [1.29, 1.82) is 0 Å². The van der Waals surface area contributed by atoms with Gasteiger partial charge in [-0.3, -0.25) is 0 Å². The molecule has 0 saturated carbocycles. The minimum Gasteiger partial charge on any atom is -0.336 e. The predicted octanol–water partition coefficient (Wildman–Crippen LogP) is 3.53. The summed E-state index contributed by atoms with van der Waals surface area (Å²) < 4.78 is 0.841. The van der Waals surface area contributed by atoms with Gasteiger partial charge in [-0.05, 0) is 23.7 Å². The second-order valence-electron chi connectivity index (χ2n) is 2.04. The first kappa shape index (κ1) is 7.21. The van der Waals surface area contributed by atoms with Gasteiger partial charge >= 0.3 is 0 Å². The Bertz CT molecular complexity index is 382. The lowest BCUT2D eigenvalue weighted by Crippen LogP contribution is -1.67. The molecule has 0 aliphatic heterocycles. The van der Waals surface area contributed by atoms with E-state index in [4.69, 9.17) is 12.2 Å². The second kappa shape index (κ2) is 2.89. The zero-order valence-corrected chi connectivity index (χ0v) is 7.98. The van der Waals surface area contributed by atoms with Crippen LogP contribution in [-0.2, 0) is 0 Å². The molecule has 2 rings (SSSR count). The molecule has 4 heteroatoms. The highest BCUT2D eigenvalue weighted by Gasteiger charge is 1.97. The fourth-order valence-electron chi connectivity index (χ4n) is 0.833. The number of hydrogen-bond acceptors (Lipinski definition) is 3. The van der Waals surface area contributed by atoms with Gasteiger partial charge in [-0.2, -0.15) is 0 Å². The molecule has 0 aromatic carbocycles. The predicted molar refractivity (Wildman–Crippen MR) is 52.8 cm³/mol. The summed E-state index contributed by atoms with van der Waals surface area (Å²) in [6.45, 7) is 0. The Kier molecular flexibility index (Phi) is 1.89. The number of aromatic amines is 1. The van der Waals surface area contributed by atoms with Gasteiger partial charge in [-0.1, -0.05) is 6.07 Å². The SMILES string of the molecule is S=c1[nH]c(-c2cccs2)cs1. The summed E-state index contributed by atoms with van der Waals surface area (Å²) in [5, 5.41) is 4.11. The van der Waals surface area contributed by atoms with Crippen molar-refractivity contribution in [3.63, 3.8) is 0 Å². The van der Waals surface area contributed by atoms with E-state index < -0.39 is 0 Å². The van der Waals surface area contributed by atoms with Crippen LogP contribution >= 0.6 is 34.9 Å². The van der Waals surface area contributed by atoms with E-state index in [2.05, 4.69) is 16.4 Å². The average Bonchev–Trinajstić information content (AvgIpc) is 2.55. The Morgan fingerprint density at radius 1 is 1.36 bits per heavy atom. The topological polar surface area (TPSA) is 15.8 Å². The highest BCUT2D eigenvalue weighted by atomic mass is 32.1. The fourth-order valence-corrected chi connectivity index (χ4v) is 2.44. The first-order chi connectivity index (χ1) is 5.36. The molecule has 0 bridgehead atoms. The number of aromatic nitrogens is 1. The molecule has 0 fully saturated rings. The van der Waals surface area contributed by atoms with Crippen molar-refractivity contribution < 1.29 is 0 Å². The summed E-state index contributed by atoms with van der Waals surface area (Å²) in [6, 6.07) is 4.12. The number of thiazole rings is 1. The first-order valence-electron chi connectivity index (χ1n) is 3.08. The monoisotopic (exact) mass is 199 g/mol. The number of nitrogens with one attached hydrogen (secondary N) is 1. The molecule has 1 N–H and O–H groups in total. The summed E-state index contributed by atoms with van der Waals surface area (Å²) in [7, 11) is 0. The minimum absolute atomic E-state index is 0.841. The number of H-pyrrole nitrogens is 1. The highest BCUT2D eigenvalue weighted by Crippen LogP contribution is 2.24. The van der Waals surface area contributed by atoms with Gasteiger partial charge in [0, 0.05) is 5.38 Å². The van der Waals surface area contributed by atoms with Gasteiger partial charge in [0.25, 0.3) is 0 Å². The van der Waals surface area contributed by atoms with Gasteiger partial charge in [0.05, 0.1) is 10.6 Å². The molecule has 11 heavy (non-hydrogen) atoms. The molecule has 1 nitrogen and oxygen atoms in total. The smallest absolute Gasteiger partial charge is 0.158 e. The molecule has 2 heterocycles. The van der Waals surface area contributed by atoms with Crippen LogP contribution in [-0.4, -0.2) is 4.98 Å². The van der Waals surface area contributed by atoms with Crippen LogP contribution < -0.4 is 0 Å². The third kappa shape index (κ3) is 1.42. The molecule has 0 amide bonds. The zero-order chi connectivity index (χ0) is 7.68. The standard InChI is InChI=1S/C7H5NS3/c9-7-8-5(4-11-7)6-2-1-3-10-6/h1-4H,(H,8,9). The van der Waals surface area contributed by atoms with Gasteiger partial charge in [-0.15, -0.1) is 22.7 Å². The van der Waals surface area contributed by atoms with Crippen LogP contribution in [0.25, 0.3) is 10.6 Å². The number of rotatable bonds is 1. The maximum absolute atomic E-state index is 4.97. The molecule has 2 aromatic heterocycles. The van der Waals surface area contributed by atoms with Gasteiger partial charge in [-0.25, -0.2) is 0 Å². The lowest BCUT2D eigenvalue weighted by molar-refractivity contribution is 1.41. The van der Waals surface area contributed by atoms with E-state index in [1.807, 2.05) is 11.4 Å². The molecule has 0 aliphatic carbocycles. The number of hydrogen-bond donors (Lipinski definition) is 1. The Hall–Kier alpha value is -0.450. The lowest BCUT2D eigenvalue weighted by Gasteiger charge is -1.86. The van der Waals surface area contributed by atoms with Crippen LogP contribution in [0.1, 0.15) is 0 Å². The maximum atomic E-state index is 4.97. The highest BCUT2D eigenvalue weighted by molar-refractivity contribution is 7.73. The molecule has 0 atom stereocenters. The van der Waals surface area contributed by atoms with E-state index in [9.17, 15) is 0 Å². The molecule has 0 unspecified atom stereocenters. The molecule has 2 aromatic rings. The van der Waals surface area contributed by atoms with E-state index in [1.165, 1.54) is 4.88 Å². The van der Waals surface area contributed by atoms with E-state index in [0.29, 0.717) is 0 Å². The van der Waals surface area contributed by atoms with Crippen LogP contribution in [0.15, 0.2) is 22.9 Å². The normalized spacial score (nSPS) is 10.2. The zero-order valence-electron chi connectivity index (χ0n) is 5.53. The molecular weight excluding hydrogens is 194 g/mol. The molecule has 56 valence electrons.